The normalized spacial score (nSPS) is 13.0. The van der Waals surface area contributed by atoms with Gasteiger partial charge >= 0.3 is 18.3 Å². The Hall–Kier alpha value is -2.09. The van der Waals surface area contributed by atoms with Crippen LogP contribution in [0.1, 0.15) is 16.8 Å². The van der Waals surface area contributed by atoms with Gasteiger partial charge in [0.2, 0.25) is 0 Å². The number of nitriles is 1. The fourth-order valence-electron chi connectivity index (χ4n) is 2.00. The summed E-state index contributed by atoms with van der Waals surface area (Å²) in [5, 5.41) is 8.99. The van der Waals surface area contributed by atoms with Gasteiger partial charge in [0.25, 0.3) is 0 Å². The summed E-state index contributed by atoms with van der Waals surface area (Å²) in [6.07, 6.45) is -10.6. The quantitative estimate of drug-likeness (QED) is 0.581. The van der Waals surface area contributed by atoms with Gasteiger partial charge in [-0.05, 0) is 21.5 Å². The number of halogens is 9. The van der Waals surface area contributed by atoms with E-state index in [9.17, 15) is 35.1 Å². The minimum atomic E-state index is -5.81. The molecule has 134 valence electrons. The first kappa shape index (κ1) is 19.2. The lowest BCUT2D eigenvalue weighted by Gasteiger charge is -2.19. The Morgan fingerprint density at radius 1 is 0.920 bits per heavy atom. The van der Waals surface area contributed by atoms with Crippen LogP contribution in [0.25, 0.3) is 11.3 Å². The molecule has 0 fully saturated rings. The van der Waals surface area contributed by atoms with Crippen LogP contribution in [0.15, 0.2) is 28.7 Å². The van der Waals surface area contributed by atoms with Crippen LogP contribution in [0.5, 0.6) is 0 Å². The average Bonchev–Trinajstić information content (AvgIpc) is 2.83. The lowest BCUT2D eigenvalue weighted by atomic mass is 10.0. The van der Waals surface area contributed by atoms with Gasteiger partial charge in [0.15, 0.2) is 0 Å². The van der Waals surface area contributed by atoms with Gasteiger partial charge in [-0.1, -0.05) is 24.3 Å². The molecule has 1 heterocycles. The number of nitrogens with one attached hydrogen (secondary N) is 1. The molecule has 0 saturated heterocycles. The number of aromatic nitrogens is 1. The highest BCUT2D eigenvalue weighted by Gasteiger charge is 2.58. The van der Waals surface area contributed by atoms with E-state index in [1.165, 1.54) is 6.07 Å². The molecule has 0 radical (unpaired) electrons. The van der Waals surface area contributed by atoms with E-state index in [-0.39, 0.29) is 11.3 Å². The van der Waals surface area contributed by atoms with Crippen molar-refractivity contribution in [2.24, 2.45) is 0 Å². The summed E-state index contributed by atoms with van der Waals surface area (Å²) in [6.45, 7) is 0. The van der Waals surface area contributed by atoms with E-state index >= 15 is 0 Å². The summed E-state index contributed by atoms with van der Waals surface area (Å²) >= 11 is 2.63. The molecule has 1 aromatic heterocycles. The van der Waals surface area contributed by atoms with Gasteiger partial charge < -0.3 is 4.98 Å². The predicted molar refractivity (Wildman–Crippen MR) is 73.6 cm³/mol. The maximum Gasteiger partial charge on any atom is 0.458 e. The van der Waals surface area contributed by atoms with Gasteiger partial charge in [-0.3, -0.25) is 0 Å². The summed E-state index contributed by atoms with van der Waals surface area (Å²) < 4.78 is 101. The molecule has 11 heteroatoms. The van der Waals surface area contributed by atoms with E-state index < -0.39 is 39.6 Å². The summed E-state index contributed by atoms with van der Waals surface area (Å²) in [5.41, 5.74) is -3.62. The van der Waals surface area contributed by atoms with Crippen LogP contribution in [0.2, 0.25) is 0 Å². The highest BCUT2D eigenvalue weighted by atomic mass is 79.9. The van der Waals surface area contributed by atoms with Gasteiger partial charge in [-0.15, -0.1) is 0 Å². The second-order valence-electron chi connectivity index (χ2n) is 4.82. The number of hydrogen-bond acceptors (Lipinski definition) is 1. The van der Waals surface area contributed by atoms with Crippen LogP contribution in [0.4, 0.5) is 35.1 Å². The predicted octanol–water partition coefficient (Wildman–Crippen LogP) is 5.99. The van der Waals surface area contributed by atoms with Gasteiger partial charge in [-0.25, -0.2) is 0 Å². The molecule has 0 aliphatic rings. The molecule has 0 aliphatic heterocycles. The first-order valence-electron chi connectivity index (χ1n) is 6.25. The molecule has 1 N–H and O–H groups in total. The molecule has 0 spiro atoms. The zero-order valence-electron chi connectivity index (χ0n) is 11.7. The molecule has 25 heavy (non-hydrogen) atoms. The Morgan fingerprint density at radius 3 is 1.84 bits per heavy atom. The van der Waals surface area contributed by atoms with Crippen molar-refractivity contribution in [2.45, 2.75) is 18.3 Å². The summed E-state index contributed by atoms with van der Waals surface area (Å²) in [7, 11) is 0. The highest BCUT2D eigenvalue weighted by molar-refractivity contribution is 9.10. The molecule has 0 saturated carbocycles. The second kappa shape index (κ2) is 6.01. The lowest BCUT2D eigenvalue weighted by molar-refractivity contribution is -0.289. The van der Waals surface area contributed by atoms with Gasteiger partial charge in [0.05, 0.1) is 15.7 Å². The van der Waals surface area contributed by atoms with Crippen molar-refractivity contribution in [2.75, 3.05) is 0 Å². The van der Waals surface area contributed by atoms with E-state index in [0.717, 1.165) is 12.1 Å². The molecule has 0 unspecified atom stereocenters. The number of hydrogen-bond donors (Lipinski definition) is 1. The number of nitrogens with zero attached hydrogens (tertiary/aromatic N) is 1. The molecule has 0 bridgehead atoms. The van der Waals surface area contributed by atoms with Gasteiger partial charge in [0.1, 0.15) is 11.8 Å². The minimum absolute atomic E-state index is 0.158. The van der Waals surface area contributed by atoms with E-state index in [2.05, 4.69) is 15.9 Å². The molecule has 0 amide bonds. The zero-order valence-corrected chi connectivity index (χ0v) is 13.2. The van der Waals surface area contributed by atoms with Gasteiger partial charge in [-0.2, -0.15) is 40.4 Å². The molecular weight excluding hydrogens is 428 g/mol. The fraction of sp³-hybridized carbons (Fsp3) is 0.214. The van der Waals surface area contributed by atoms with Crippen LogP contribution < -0.4 is 0 Å². The SMILES string of the molecule is N#Cc1c(-c2ccc(C(F)(F)C(F)(F)F)cc2)[nH]c(C(F)(F)F)c1Br. The van der Waals surface area contributed by atoms with Crippen LogP contribution in [0, 0.1) is 11.3 Å². The van der Waals surface area contributed by atoms with E-state index in [4.69, 9.17) is 5.26 Å². The van der Waals surface area contributed by atoms with Crippen molar-refractivity contribution in [3.8, 4) is 17.3 Å². The molecule has 2 rings (SSSR count). The van der Waals surface area contributed by atoms with Crippen molar-refractivity contribution in [3.05, 3.63) is 45.6 Å². The Bertz CT molecular complexity index is 825. The van der Waals surface area contributed by atoms with Crippen LogP contribution in [0.3, 0.4) is 0 Å². The molecular formula is C14H5BrF8N2. The maximum atomic E-state index is 13.2. The highest BCUT2D eigenvalue weighted by Crippen LogP contribution is 2.45. The third-order valence-corrected chi connectivity index (χ3v) is 4.02. The first-order valence-corrected chi connectivity index (χ1v) is 7.04. The average molecular weight is 433 g/mol. The summed E-state index contributed by atoms with van der Waals surface area (Å²) in [4.78, 5) is 1.94. The number of H-pyrrole nitrogens is 1. The third-order valence-electron chi connectivity index (χ3n) is 3.23. The Kier molecular flexibility index (Phi) is 4.63. The van der Waals surface area contributed by atoms with E-state index in [0.29, 0.717) is 12.1 Å². The van der Waals surface area contributed by atoms with Crippen molar-refractivity contribution in [1.82, 2.24) is 4.98 Å². The Balaban J connectivity index is 2.54. The molecule has 2 nitrogen and oxygen atoms in total. The van der Waals surface area contributed by atoms with Crippen molar-refractivity contribution in [1.29, 1.82) is 5.26 Å². The number of aromatic amines is 1. The lowest BCUT2D eigenvalue weighted by Crippen LogP contribution is -2.33. The van der Waals surface area contributed by atoms with Crippen molar-refractivity contribution in [3.63, 3.8) is 0 Å². The molecule has 2 aromatic rings. The Morgan fingerprint density at radius 2 is 1.44 bits per heavy atom. The molecule has 0 atom stereocenters. The minimum Gasteiger partial charge on any atom is -0.349 e. The largest absolute Gasteiger partial charge is 0.458 e. The topological polar surface area (TPSA) is 39.6 Å². The third kappa shape index (κ3) is 3.35. The van der Waals surface area contributed by atoms with Crippen molar-refractivity contribution >= 4 is 15.9 Å². The van der Waals surface area contributed by atoms with E-state index in [1.807, 2.05) is 4.98 Å². The van der Waals surface area contributed by atoms with Crippen LogP contribution in [-0.4, -0.2) is 11.2 Å². The number of alkyl halides is 8. The monoisotopic (exact) mass is 432 g/mol. The summed E-state index contributed by atoms with van der Waals surface area (Å²) in [6, 6.07) is 3.93. The number of benzene rings is 1. The summed E-state index contributed by atoms with van der Waals surface area (Å²) in [5.74, 6) is -5.11. The van der Waals surface area contributed by atoms with Crippen LogP contribution >= 0.6 is 15.9 Å². The number of rotatable bonds is 2. The fourth-order valence-corrected chi connectivity index (χ4v) is 2.61. The molecule has 0 aliphatic carbocycles. The Labute approximate surface area is 143 Å². The smallest absolute Gasteiger partial charge is 0.349 e. The van der Waals surface area contributed by atoms with E-state index in [1.54, 1.807) is 0 Å². The van der Waals surface area contributed by atoms with Gasteiger partial charge in [0, 0.05) is 5.56 Å². The van der Waals surface area contributed by atoms with Crippen LogP contribution in [-0.2, 0) is 12.1 Å². The second-order valence-corrected chi connectivity index (χ2v) is 5.62. The molecule has 1 aromatic carbocycles. The first-order chi connectivity index (χ1) is 11.3. The maximum absolute atomic E-state index is 13.2. The zero-order chi connectivity index (χ0) is 19.2. The standard InChI is InChI=1S/C14H5BrF8N2/c15-9-8(5-24)10(25-11(9)13(18,19)20)6-1-3-7(4-2-6)12(16,17)14(21,22)23/h1-4,25H. The van der Waals surface area contributed by atoms with Crippen molar-refractivity contribution < 1.29 is 35.1 Å².